The molecule has 0 aliphatic heterocycles. The summed E-state index contributed by atoms with van der Waals surface area (Å²) in [5.41, 5.74) is 3.97. The predicted molar refractivity (Wildman–Crippen MR) is 82.4 cm³/mol. The van der Waals surface area contributed by atoms with Crippen molar-refractivity contribution in [3.8, 4) is 17.2 Å². The molecule has 1 N–H and O–H groups in total. The summed E-state index contributed by atoms with van der Waals surface area (Å²) in [5.74, 6) is 2.43. The average Bonchev–Trinajstić information content (AvgIpc) is 2.90. The molecule has 3 heteroatoms. The number of phenolic OH excluding ortho intramolecular Hbond substituents is 1. The first-order valence-electron chi connectivity index (χ1n) is 7.24. The van der Waals surface area contributed by atoms with Gasteiger partial charge in [0.1, 0.15) is 5.75 Å². The lowest BCUT2D eigenvalue weighted by Crippen LogP contribution is -2.00. The number of ether oxygens (including phenoxy) is 2. The fraction of sp³-hybridized carbons (Fsp3) is 0.333. The minimum Gasteiger partial charge on any atom is -0.508 e. The number of phenols is 1. The van der Waals surface area contributed by atoms with Gasteiger partial charge in [-0.3, -0.25) is 0 Å². The molecule has 0 saturated heterocycles. The van der Waals surface area contributed by atoms with Gasteiger partial charge < -0.3 is 14.6 Å². The van der Waals surface area contributed by atoms with Gasteiger partial charge in [-0.15, -0.1) is 0 Å². The summed E-state index contributed by atoms with van der Waals surface area (Å²) in [6.07, 6.45) is 3.22. The van der Waals surface area contributed by atoms with Crippen LogP contribution >= 0.6 is 0 Å². The molecule has 0 radical (unpaired) electrons. The number of rotatable bonds is 4. The van der Waals surface area contributed by atoms with Crippen molar-refractivity contribution in [2.24, 2.45) is 0 Å². The van der Waals surface area contributed by atoms with Crippen molar-refractivity contribution in [2.45, 2.75) is 25.2 Å². The second-order valence-corrected chi connectivity index (χ2v) is 5.51. The quantitative estimate of drug-likeness (QED) is 0.930. The van der Waals surface area contributed by atoms with Crippen LogP contribution in [-0.2, 0) is 12.8 Å². The maximum Gasteiger partial charge on any atom is 0.161 e. The maximum atomic E-state index is 9.37. The number of benzene rings is 2. The Balaban J connectivity index is 1.87. The summed E-state index contributed by atoms with van der Waals surface area (Å²) in [4.78, 5) is 0. The maximum absolute atomic E-state index is 9.37. The first kappa shape index (κ1) is 13.8. The molecular weight excluding hydrogens is 264 g/mol. The van der Waals surface area contributed by atoms with E-state index in [1.165, 1.54) is 16.7 Å². The predicted octanol–water partition coefficient (Wildman–Crippen LogP) is 3.68. The van der Waals surface area contributed by atoms with Gasteiger partial charge in [-0.1, -0.05) is 12.1 Å². The van der Waals surface area contributed by atoms with Crippen LogP contribution in [0.25, 0.3) is 0 Å². The topological polar surface area (TPSA) is 38.7 Å². The van der Waals surface area contributed by atoms with Crippen LogP contribution in [0.4, 0.5) is 0 Å². The lowest BCUT2D eigenvalue weighted by Gasteiger charge is -2.15. The second-order valence-electron chi connectivity index (χ2n) is 5.51. The van der Waals surface area contributed by atoms with Crippen LogP contribution in [0.2, 0.25) is 0 Å². The van der Waals surface area contributed by atoms with Gasteiger partial charge >= 0.3 is 0 Å². The van der Waals surface area contributed by atoms with Crippen molar-refractivity contribution in [3.63, 3.8) is 0 Å². The molecule has 0 bridgehead atoms. The smallest absolute Gasteiger partial charge is 0.161 e. The van der Waals surface area contributed by atoms with Crippen molar-refractivity contribution in [1.82, 2.24) is 0 Å². The zero-order valence-corrected chi connectivity index (χ0v) is 12.4. The molecule has 0 spiro atoms. The molecule has 1 aliphatic carbocycles. The Labute approximate surface area is 125 Å². The highest BCUT2D eigenvalue weighted by Gasteiger charge is 2.25. The third kappa shape index (κ3) is 2.68. The Morgan fingerprint density at radius 2 is 1.71 bits per heavy atom. The average molecular weight is 284 g/mol. The normalized spacial score (nSPS) is 16.6. The molecule has 0 unspecified atom stereocenters. The van der Waals surface area contributed by atoms with Gasteiger partial charge in [-0.05, 0) is 66.1 Å². The van der Waals surface area contributed by atoms with Gasteiger partial charge in [0.25, 0.3) is 0 Å². The third-order valence-corrected chi connectivity index (χ3v) is 4.27. The molecular formula is C18H20O3. The fourth-order valence-corrected chi connectivity index (χ4v) is 3.15. The van der Waals surface area contributed by atoms with Gasteiger partial charge in [0.15, 0.2) is 11.5 Å². The summed E-state index contributed by atoms with van der Waals surface area (Å²) in [6, 6.07) is 11.7. The third-order valence-electron chi connectivity index (χ3n) is 4.27. The van der Waals surface area contributed by atoms with E-state index in [1.54, 1.807) is 26.4 Å². The Morgan fingerprint density at radius 3 is 2.38 bits per heavy atom. The number of aryl methyl sites for hydroxylation is 1. The Hall–Kier alpha value is -2.16. The van der Waals surface area contributed by atoms with Crippen LogP contribution in [0.1, 0.15) is 29.0 Å². The first-order chi connectivity index (χ1) is 10.2. The minimum absolute atomic E-state index is 0.317. The zero-order valence-electron chi connectivity index (χ0n) is 12.4. The summed E-state index contributed by atoms with van der Waals surface area (Å²) in [5, 5.41) is 9.37. The lowest BCUT2D eigenvalue weighted by atomic mass is 9.93. The molecule has 0 aromatic heterocycles. The van der Waals surface area contributed by atoms with Crippen LogP contribution < -0.4 is 9.47 Å². The summed E-state index contributed by atoms with van der Waals surface area (Å²) in [7, 11) is 3.35. The van der Waals surface area contributed by atoms with Gasteiger partial charge in [0.05, 0.1) is 14.2 Å². The Bertz CT molecular complexity index is 632. The molecule has 3 nitrogen and oxygen atoms in total. The monoisotopic (exact) mass is 284 g/mol. The van der Waals surface area contributed by atoms with E-state index in [9.17, 15) is 5.11 Å². The molecule has 2 aromatic rings. The van der Waals surface area contributed by atoms with Gasteiger partial charge in [-0.25, -0.2) is 0 Å². The lowest BCUT2D eigenvalue weighted by molar-refractivity contribution is 0.354. The van der Waals surface area contributed by atoms with Gasteiger partial charge in [-0.2, -0.15) is 0 Å². The number of fused-ring (bicyclic) bond motifs is 1. The molecule has 0 saturated carbocycles. The largest absolute Gasteiger partial charge is 0.508 e. The summed E-state index contributed by atoms with van der Waals surface area (Å²) < 4.78 is 10.8. The van der Waals surface area contributed by atoms with Gasteiger partial charge in [0, 0.05) is 0 Å². The van der Waals surface area contributed by atoms with E-state index >= 15 is 0 Å². The number of methoxy groups -OCH3 is 2. The number of aromatic hydroxyl groups is 1. The van der Waals surface area contributed by atoms with Crippen LogP contribution in [0, 0.1) is 0 Å². The van der Waals surface area contributed by atoms with Crippen molar-refractivity contribution in [3.05, 3.63) is 53.1 Å². The molecule has 110 valence electrons. The van der Waals surface area contributed by atoms with E-state index in [2.05, 4.69) is 12.1 Å². The van der Waals surface area contributed by atoms with E-state index in [0.717, 1.165) is 30.8 Å². The Kier molecular flexibility index (Phi) is 3.74. The van der Waals surface area contributed by atoms with Crippen molar-refractivity contribution in [1.29, 1.82) is 0 Å². The zero-order chi connectivity index (χ0) is 14.8. The minimum atomic E-state index is 0.317. The fourth-order valence-electron chi connectivity index (χ4n) is 3.15. The Morgan fingerprint density at radius 1 is 1.05 bits per heavy atom. The summed E-state index contributed by atoms with van der Waals surface area (Å²) >= 11 is 0. The molecule has 0 amide bonds. The molecule has 1 aliphatic rings. The highest BCUT2D eigenvalue weighted by atomic mass is 16.5. The van der Waals surface area contributed by atoms with Crippen molar-refractivity contribution >= 4 is 0 Å². The number of hydrogen-bond donors (Lipinski definition) is 1. The van der Waals surface area contributed by atoms with Crippen molar-refractivity contribution in [2.75, 3.05) is 14.2 Å². The van der Waals surface area contributed by atoms with E-state index in [4.69, 9.17) is 9.47 Å². The van der Waals surface area contributed by atoms with E-state index in [-0.39, 0.29) is 0 Å². The highest BCUT2D eigenvalue weighted by molar-refractivity contribution is 5.50. The molecule has 3 rings (SSSR count). The molecule has 0 fully saturated rings. The molecule has 0 heterocycles. The van der Waals surface area contributed by atoms with Crippen LogP contribution in [-0.4, -0.2) is 19.3 Å². The van der Waals surface area contributed by atoms with Crippen LogP contribution in [0.5, 0.6) is 17.2 Å². The molecule has 1 atom stereocenters. The van der Waals surface area contributed by atoms with Gasteiger partial charge in [0.2, 0.25) is 0 Å². The van der Waals surface area contributed by atoms with Crippen LogP contribution in [0.15, 0.2) is 36.4 Å². The van der Waals surface area contributed by atoms with E-state index < -0.39 is 0 Å². The summed E-state index contributed by atoms with van der Waals surface area (Å²) in [6.45, 7) is 0. The van der Waals surface area contributed by atoms with Crippen molar-refractivity contribution < 1.29 is 14.6 Å². The van der Waals surface area contributed by atoms with E-state index in [0.29, 0.717) is 11.7 Å². The van der Waals surface area contributed by atoms with E-state index in [1.807, 2.05) is 12.1 Å². The SMILES string of the molecule is COc1cc2c(cc1OC)[C@H](Cc1ccc(O)cc1)CC2. The second kappa shape index (κ2) is 5.68. The number of hydrogen-bond acceptors (Lipinski definition) is 3. The first-order valence-corrected chi connectivity index (χ1v) is 7.24. The highest BCUT2D eigenvalue weighted by Crippen LogP contribution is 2.41. The molecule has 2 aromatic carbocycles. The van der Waals surface area contributed by atoms with Crippen LogP contribution in [0.3, 0.4) is 0 Å². The molecule has 21 heavy (non-hydrogen) atoms. The standard InChI is InChI=1S/C18H20O3/c1-20-17-10-14-6-5-13(16(14)11-18(17)21-2)9-12-3-7-15(19)8-4-12/h3-4,7-8,10-11,13,19H,5-6,9H2,1-2H3/t13-/m0/s1.